The summed E-state index contributed by atoms with van der Waals surface area (Å²) in [6.07, 6.45) is 5.23. The third-order valence-electron chi connectivity index (χ3n) is 3.51. The lowest BCUT2D eigenvalue weighted by atomic mass is 10.0. The van der Waals surface area contributed by atoms with Crippen molar-refractivity contribution >= 4 is 0 Å². The van der Waals surface area contributed by atoms with Crippen molar-refractivity contribution in [2.45, 2.75) is 78.5 Å². The van der Waals surface area contributed by atoms with Crippen LogP contribution in [0, 0.1) is 0 Å². The van der Waals surface area contributed by atoms with Gasteiger partial charge >= 0.3 is 0 Å². The molecule has 1 N–H and O–H groups in total. The molecule has 0 saturated carbocycles. The van der Waals surface area contributed by atoms with Gasteiger partial charge in [-0.15, -0.1) is 0 Å². The molecular weight excluding hydrogens is 246 g/mol. The fourth-order valence-electron chi connectivity index (χ4n) is 2.56. The van der Waals surface area contributed by atoms with Gasteiger partial charge in [0.1, 0.15) is 5.75 Å². The lowest BCUT2D eigenvalue weighted by Gasteiger charge is -2.23. The molecule has 1 unspecified atom stereocenters. The second kappa shape index (κ2) is 9.02. The zero-order valence-corrected chi connectivity index (χ0v) is 13.8. The second-order valence-corrected chi connectivity index (χ2v) is 5.90. The topological polar surface area (TPSA) is 21.3 Å². The maximum Gasteiger partial charge on any atom is 0.119 e. The van der Waals surface area contributed by atoms with Crippen LogP contribution in [0.1, 0.15) is 71.9 Å². The molecule has 0 radical (unpaired) electrons. The van der Waals surface area contributed by atoms with E-state index in [0.29, 0.717) is 12.1 Å². The van der Waals surface area contributed by atoms with Gasteiger partial charge in [0, 0.05) is 12.1 Å². The minimum Gasteiger partial charge on any atom is -0.491 e. The summed E-state index contributed by atoms with van der Waals surface area (Å²) in [5.41, 5.74) is 1.33. The molecule has 1 aromatic carbocycles. The van der Waals surface area contributed by atoms with Crippen molar-refractivity contribution in [2.75, 3.05) is 0 Å². The number of rotatable bonds is 9. The van der Waals surface area contributed by atoms with Gasteiger partial charge in [0.2, 0.25) is 0 Å². The first-order chi connectivity index (χ1) is 9.56. The lowest BCUT2D eigenvalue weighted by molar-refractivity contribution is 0.242. The van der Waals surface area contributed by atoms with E-state index in [2.05, 4.69) is 64.2 Å². The molecule has 0 aliphatic heterocycles. The molecule has 20 heavy (non-hydrogen) atoms. The largest absolute Gasteiger partial charge is 0.491 e. The smallest absolute Gasteiger partial charge is 0.119 e. The van der Waals surface area contributed by atoms with Crippen LogP contribution in [0.25, 0.3) is 0 Å². The lowest BCUT2D eigenvalue weighted by Crippen LogP contribution is -2.31. The second-order valence-electron chi connectivity index (χ2n) is 5.90. The minimum atomic E-state index is 0.231. The van der Waals surface area contributed by atoms with Gasteiger partial charge in [0.05, 0.1) is 6.10 Å². The van der Waals surface area contributed by atoms with Crippen LogP contribution in [0.4, 0.5) is 0 Å². The molecule has 2 nitrogen and oxygen atoms in total. The Balaban J connectivity index is 2.59. The van der Waals surface area contributed by atoms with E-state index in [4.69, 9.17) is 4.74 Å². The summed E-state index contributed by atoms with van der Waals surface area (Å²) in [6.45, 7) is 10.9. The summed E-state index contributed by atoms with van der Waals surface area (Å²) < 4.78 is 5.69. The van der Waals surface area contributed by atoms with E-state index in [-0.39, 0.29) is 6.10 Å². The molecule has 0 bridgehead atoms. The Morgan fingerprint density at radius 2 is 1.50 bits per heavy atom. The number of ether oxygens (including phenoxy) is 1. The van der Waals surface area contributed by atoms with Crippen LogP contribution >= 0.6 is 0 Å². The third kappa shape index (κ3) is 5.96. The molecule has 0 amide bonds. The molecular formula is C18H31NO. The van der Waals surface area contributed by atoms with Crippen molar-refractivity contribution in [3.8, 4) is 5.75 Å². The van der Waals surface area contributed by atoms with Crippen molar-refractivity contribution in [3.05, 3.63) is 29.8 Å². The van der Waals surface area contributed by atoms with Crippen molar-refractivity contribution in [3.63, 3.8) is 0 Å². The van der Waals surface area contributed by atoms with Gasteiger partial charge in [-0.05, 0) is 51.3 Å². The molecule has 1 aromatic rings. The Morgan fingerprint density at radius 1 is 0.950 bits per heavy atom. The normalized spacial score (nSPS) is 12.9. The first kappa shape index (κ1) is 17.0. The van der Waals surface area contributed by atoms with E-state index >= 15 is 0 Å². The maximum absolute atomic E-state index is 5.69. The van der Waals surface area contributed by atoms with Crippen LogP contribution < -0.4 is 10.1 Å². The van der Waals surface area contributed by atoms with E-state index in [0.717, 1.165) is 5.75 Å². The predicted molar refractivity (Wildman–Crippen MR) is 87.4 cm³/mol. The molecule has 0 aliphatic rings. The van der Waals surface area contributed by atoms with Crippen molar-refractivity contribution < 1.29 is 4.74 Å². The minimum absolute atomic E-state index is 0.231. The van der Waals surface area contributed by atoms with Crippen molar-refractivity contribution in [2.24, 2.45) is 0 Å². The van der Waals surface area contributed by atoms with Gasteiger partial charge in [0.25, 0.3) is 0 Å². The highest BCUT2D eigenvalue weighted by Gasteiger charge is 2.12. The molecule has 0 spiro atoms. The van der Waals surface area contributed by atoms with Gasteiger partial charge < -0.3 is 10.1 Å². The SMILES string of the molecule is CCCC(CCC)NC(C)c1ccc(OC(C)C)cc1. The van der Waals surface area contributed by atoms with E-state index in [1.807, 2.05) is 0 Å². The highest BCUT2D eigenvalue weighted by molar-refractivity contribution is 5.29. The van der Waals surface area contributed by atoms with Gasteiger partial charge in [0.15, 0.2) is 0 Å². The number of hydrogen-bond acceptors (Lipinski definition) is 2. The Hall–Kier alpha value is -1.02. The quantitative estimate of drug-likeness (QED) is 0.678. The Labute approximate surface area is 124 Å². The van der Waals surface area contributed by atoms with Crippen LogP contribution in [0.3, 0.4) is 0 Å². The van der Waals surface area contributed by atoms with Crippen LogP contribution in [0.15, 0.2) is 24.3 Å². The first-order valence-corrected chi connectivity index (χ1v) is 8.09. The van der Waals surface area contributed by atoms with Crippen LogP contribution in [0.2, 0.25) is 0 Å². The Bertz CT molecular complexity index is 352. The first-order valence-electron chi connectivity index (χ1n) is 8.09. The average Bonchev–Trinajstić information content (AvgIpc) is 2.39. The number of hydrogen-bond donors (Lipinski definition) is 1. The molecule has 2 heteroatoms. The Kier molecular flexibility index (Phi) is 7.68. The summed E-state index contributed by atoms with van der Waals surface area (Å²) in [5, 5.41) is 3.75. The molecule has 1 atom stereocenters. The van der Waals surface area contributed by atoms with E-state index in [1.165, 1.54) is 31.2 Å². The van der Waals surface area contributed by atoms with Crippen LogP contribution in [-0.2, 0) is 0 Å². The van der Waals surface area contributed by atoms with E-state index < -0.39 is 0 Å². The molecule has 0 saturated heterocycles. The van der Waals surface area contributed by atoms with Crippen molar-refractivity contribution in [1.29, 1.82) is 0 Å². The van der Waals surface area contributed by atoms with Crippen molar-refractivity contribution in [1.82, 2.24) is 5.32 Å². The zero-order chi connectivity index (χ0) is 15.0. The molecule has 1 rings (SSSR count). The summed E-state index contributed by atoms with van der Waals surface area (Å²) in [4.78, 5) is 0. The predicted octanol–water partition coefficient (Wildman–Crippen LogP) is 5.09. The van der Waals surface area contributed by atoms with Gasteiger partial charge in [-0.1, -0.05) is 38.8 Å². The standard InChI is InChI=1S/C18H31NO/c1-6-8-17(9-7-2)19-15(5)16-10-12-18(13-11-16)20-14(3)4/h10-15,17,19H,6-9H2,1-5H3. The summed E-state index contributed by atoms with van der Waals surface area (Å²) >= 11 is 0. The van der Waals surface area contributed by atoms with Crippen LogP contribution in [0.5, 0.6) is 5.75 Å². The monoisotopic (exact) mass is 277 g/mol. The molecule has 0 heterocycles. The maximum atomic E-state index is 5.69. The third-order valence-corrected chi connectivity index (χ3v) is 3.51. The van der Waals surface area contributed by atoms with E-state index in [1.54, 1.807) is 0 Å². The van der Waals surface area contributed by atoms with Gasteiger partial charge in [-0.2, -0.15) is 0 Å². The molecule has 114 valence electrons. The molecule has 0 aliphatic carbocycles. The van der Waals surface area contributed by atoms with Gasteiger partial charge in [-0.25, -0.2) is 0 Å². The summed E-state index contributed by atoms with van der Waals surface area (Å²) in [7, 11) is 0. The summed E-state index contributed by atoms with van der Waals surface area (Å²) in [5.74, 6) is 0.953. The zero-order valence-electron chi connectivity index (χ0n) is 13.8. The molecule has 0 aromatic heterocycles. The van der Waals surface area contributed by atoms with Gasteiger partial charge in [-0.3, -0.25) is 0 Å². The number of benzene rings is 1. The fourth-order valence-corrected chi connectivity index (χ4v) is 2.56. The molecule has 0 fully saturated rings. The highest BCUT2D eigenvalue weighted by Crippen LogP contribution is 2.20. The Morgan fingerprint density at radius 3 is 1.95 bits per heavy atom. The average molecular weight is 277 g/mol. The fraction of sp³-hybridized carbons (Fsp3) is 0.667. The number of nitrogens with one attached hydrogen (secondary N) is 1. The van der Waals surface area contributed by atoms with E-state index in [9.17, 15) is 0 Å². The highest BCUT2D eigenvalue weighted by atomic mass is 16.5. The summed E-state index contributed by atoms with van der Waals surface area (Å²) in [6, 6.07) is 9.51. The van der Waals surface area contributed by atoms with Crippen LogP contribution in [-0.4, -0.2) is 12.1 Å².